The Morgan fingerprint density at radius 3 is 2.09 bits per heavy atom. The molecule has 0 unspecified atom stereocenters. The zero-order chi connectivity index (χ0) is 24.7. The summed E-state index contributed by atoms with van der Waals surface area (Å²) in [6.07, 6.45) is -1.52. The number of carbonyl (C=O) groups is 4. The van der Waals surface area contributed by atoms with E-state index in [1.54, 1.807) is 6.92 Å². The molecule has 0 aliphatic heterocycles. The van der Waals surface area contributed by atoms with Crippen molar-refractivity contribution in [1.29, 1.82) is 0 Å². The van der Waals surface area contributed by atoms with E-state index in [0.717, 1.165) is 22.3 Å². The van der Waals surface area contributed by atoms with Gasteiger partial charge in [0, 0.05) is 13.0 Å². The molecular formula is C24H27N3O7. The summed E-state index contributed by atoms with van der Waals surface area (Å²) < 4.78 is 10.7. The highest BCUT2D eigenvalue weighted by Crippen LogP contribution is 2.44. The summed E-state index contributed by atoms with van der Waals surface area (Å²) in [6, 6.07) is 14.7. The largest absolute Gasteiger partial charge is 0.480 e. The number of aliphatic carboxylic acids is 1. The number of hydrogen-bond donors (Lipinski definition) is 4. The molecule has 34 heavy (non-hydrogen) atoms. The van der Waals surface area contributed by atoms with Gasteiger partial charge in [0.15, 0.2) is 0 Å². The van der Waals surface area contributed by atoms with Crippen molar-refractivity contribution in [3.8, 4) is 11.1 Å². The lowest BCUT2D eigenvalue weighted by atomic mass is 9.98. The van der Waals surface area contributed by atoms with Crippen molar-refractivity contribution in [3.05, 3.63) is 59.7 Å². The van der Waals surface area contributed by atoms with Gasteiger partial charge in [-0.05, 0) is 29.2 Å². The van der Waals surface area contributed by atoms with E-state index >= 15 is 0 Å². The summed E-state index contributed by atoms with van der Waals surface area (Å²) in [5, 5.41) is 15.6. The van der Waals surface area contributed by atoms with Crippen LogP contribution in [0.25, 0.3) is 11.1 Å². The van der Waals surface area contributed by atoms with E-state index in [2.05, 4.69) is 16.0 Å². The Hall–Kier alpha value is -3.92. The van der Waals surface area contributed by atoms with Crippen LogP contribution in [0.4, 0.5) is 4.79 Å². The molecule has 0 heterocycles. The van der Waals surface area contributed by atoms with Crippen LogP contribution in [0.2, 0.25) is 0 Å². The third kappa shape index (κ3) is 5.90. The van der Waals surface area contributed by atoms with E-state index in [4.69, 9.17) is 14.6 Å². The number of hydrogen-bond acceptors (Lipinski definition) is 6. The van der Waals surface area contributed by atoms with Gasteiger partial charge in [-0.1, -0.05) is 48.5 Å². The lowest BCUT2D eigenvalue weighted by molar-refractivity contribution is -0.137. The van der Waals surface area contributed by atoms with E-state index in [0.29, 0.717) is 0 Å². The van der Waals surface area contributed by atoms with Crippen molar-refractivity contribution in [3.63, 3.8) is 0 Å². The maximum Gasteiger partial charge on any atom is 0.407 e. The molecule has 0 bridgehead atoms. The van der Waals surface area contributed by atoms with Crippen molar-refractivity contribution >= 4 is 23.9 Å². The minimum absolute atomic E-state index is 0.0765. The molecule has 3 rings (SSSR count). The molecule has 0 saturated carbocycles. The third-order valence-corrected chi connectivity index (χ3v) is 5.60. The number of nitrogens with one attached hydrogen (secondary N) is 3. The molecule has 0 saturated heterocycles. The first-order valence-corrected chi connectivity index (χ1v) is 10.7. The quantitative estimate of drug-likeness (QED) is 0.410. The van der Waals surface area contributed by atoms with Gasteiger partial charge in [-0.3, -0.25) is 14.4 Å². The van der Waals surface area contributed by atoms with Crippen LogP contribution in [0.5, 0.6) is 0 Å². The Morgan fingerprint density at radius 2 is 1.53 bits per heavy atom. The van der Waals surface area contributed by atoms with Gasteiger partial charge in [-0.2, -0.15) is 0 Å². The topological polar surface area (TPSA) is 143 Å². The van der Waals surface area contributed by atoms with Gasteiger partial charge in [0.05, 0.1) is 12.6 Å². The monoisotopic (exact) mass is 469 g/mol. The molecule has 4 N–H and O–H groups in total. The van der Waals surface area contributed by atoms with Crippen molar-refractivity contribution in [2.45, 2.75) is 25.0 Å². The molecule has 1 aliphatic rings. The zero-order valence-electron chi connectivity index (χ0n) is 18.9. The van der Waals surface area contributed by atoms with Gasteiger partial charge >= 0.3 is 12.1 Å². The number of carbonyl (C=O) groups excluding carboxylic acids is 3. The molecule has 10 heteroatoms. The van der Waals surface area contributed by atoms with Gasteiger partial charge in [-0.25, -0.2) is 4.79 Å². The number of methoxy groups -OCH3 is 1. The summed E-state index contributed by atoms with van der Waals surface area (Å²) >= 11 is 0. The fourth-order valence-corrected chi connectivity index (χ4v) is 3.81. The number of ether oxygens (including phenoxy) is 2. The number of benzene rings is 2. The van der Waals surface area contributed by atoms with Crippen molar-refractivity contribution in [1.82, 2.24) is 16.0 Å². The average Bonchev–Trinajstić information content (AvgIpc) is 3.16. The van der Waals surface area contributed by atoms with Crippen molar-refractivity contribution in [2.75, 3.05) is 26.8 Å². The van der Waals surface area contributed by atoms with Crippen LogP contribution in [-0.2, 0) is 23.9 Å². The van der Waals surface area contributed by atoms with Gasteiger partial charge in [-0.15, -0.1) is 0 Å². The van der Waals surface area contributed by atoms with Crippen LogP contribution >= 0.6 is 0 Å². The first-order chi connectivity index (χ1) is 16.3. The van der Waals surface area contributed by atoms with E-state index in [1.807, 2.05) is 48.5 Å². The molecular weight excluding hydrogens is 442 g/mol. The van der Waals surface area contributed by atoms with E-state index in [-0.39, 0.29) is 12.5 Å². The predicted molar refractivity (Wildman–Crippen MR) is 122 cm³/mol. The van der Waals surface area contributed by atoms with Gasteiger partial charge in [0.25, 0.3) is 0 Å². The molecule has 1 aliphatic carbocycles. The molecule has 2 atom stereocenters. The minimum Gasteiger partial charge on any atom is -0.480 e. The number of amides is 3. The normalized spacial score (nSPS) is 13.7. The Bertz CT molecular complexity index is 1030. The Balaban J connectivity index is 1.60. The highest BCUT2D eigenvalue weighted by atomic mass is 16.5. The summed E-state index contributed by atoms with van der Waals surface area (Å²) in [6.45, 7) is 0.641. The molecule has 0 spiro atoms. The molecule has 2 aromatic rings. The highest BCUT2D eigenvalue weighted by Gasteiger charge is 2.31. The van der Waals surface area contributed by atoms with E-state index in [1.165, 1.54) is 7.11 Å². The lowest BCUT2D eigenvalue weighted by Gasteiger charge is -2.23. The van der Waals surface area contributed by atoms with Crippen molar-refractivity contribution in [2.24, 2.45) is 0 Å². The molecule has 2 aromatic carbocycles. The number of carboxylic acids is 1. The standard InChI is InChI=1S/C24H27N3O7/c1-14(33-2)22(23(31)26-11-20(28)25-12-21(29)30)27-24(32)34-13-19-17-9-5-3-7-15(17)16-8-4-6-10-18(16)19/h3-10,14,19,22H,11-13H2,1-2H3,(H,25,28)(H,26,31)(H,27,32)(H,29,30)/t14-,22+/m1/s1. The second-order valence-electron chi connectivity index (χ2n) is 7.78. The predicted octanol–water partition coefficient (Wildman–Crippen LogP) is 1.25. The molecule has 180 valence electrons. The molecule has 0 aromatic heterocycles. The Labute approximate surface area is 196 Å². The van der Waals surface area contributed by atoms with Crippen LogP contribution < -0.4 is 16.0 Å². The van der Waals surface area contributed by atoms with Crippen LogP contribution in [0.15, 0.2) is 48.5 Å². The van der Waals surface area contributed by atoms with Crippen LogP contribution in [0, 0.1) is 0 Å². The molecule has 0 radical (unpaired) electrons. The number of alkyl carbamates (subject to hydrolysis) is 1. The van der Waals surface area contributed by atoms with Crippen molar-refractivity contribution < 1.29 is 33.8 Å². The third-order valence-electron chi connectivity index (χ3n) is 5.60. The highest BCUT2D eigenvalue weighted by molar-refractivity contribution is 5.90. The van der Waals surface area contributed by atoms with Crippen LogP contribution in [0.3, 0.4) is 0 Å². The van der Waals surface area contributed by atoms with Gasteiger partial charge in [0.1, 0.15) is 19.2 Å². The Morgan fingerprint density at radius 1 is 0.941 bits per heavy atom. The minimum atomic E-state index is -1.21. The maximum absolute atomic E-state index is 12.6. The molecule has 0 fully saturated rings. The fourth-order valence-electron chi connectivity index (χ4n) is 3.81. The van der Waals surface area contributed by atoms with Gasteiger partial charge < -0.3 is 30.5 Å². The second-order valence-corrected chi connectivity index (χ2v) is 7.78. The number of carboxylic acid groups (broad SMARTS) is 1. The zero-order valence-corrected chi connectivity index (χ0v) is 18.9. The lowest BCUT2D eigenvalue weighted by Crippen LogP contribution is -2.54. The fraction of sp³-hybridized carbons (Fsp3) is 0.333. The summed E-state index contributed by atoms with van der Waals surface area (Å²) in [5.41, 5.74) is 4.31. The Kier molecular flexibility index (Phi) is 8.20. The maximum atomic E-state index is 12.6. The second kappa shape index (κ2) is 11.3. The number of rotatable bonds is 10. The van der Waals surface area contributed by atoms with Crippen LogP contribution in [0.1, 0.15) is 24.0 Å². The van der Waals surface area contributed by atoms with Crippen LogP contribution in [-0.4, -0.2) is 67.9 Å². The smallest absolute Gasteiger partial charge is 0.407 e. The van der Waals surface area contributed by atoms with Gasteiger partial charge in [0.2, 0.25) is 11.8 Å². The first-order valence-electron chi connectivity index (χ1n) is 10.7. The molecule has 10 nitrogen and oxygen atoms in total. The first kappa shape index (κ1) is 24.7. The average molecular weight is 469 g/mol. The summed E-state index contributed by atoms with van der Waals surface area (Å²) in [7, 11) is 1.38. The summed E-state index contributed by atoms with van der Waals surface area (Å²) in [5.74, 6) is -2.69. The van der Waals surface area contributed by atoms with E-state index < -0.39 is 49.1 Å². The molecule has 3 amide bonds. The van der Waals surface area contributed by atoms with E-state index in [9.17, 15) is 19.2 Å². The number of fused-ring (bicyclic) bond motifs is 3. The summed E-state index contributed by atoms with van der Waals surface area (Å²) in [4.78, 5) is 47.3. The SMILES string of the molecule is CO[C@H](C)[C@H](NC(=O)OCC1c2ccccc2-c2ccccc21)C(=O)NCC(=O)NCC(=O)O.